The topological polar surface area (TPSA) is 210 Å². The van der Waals surface area contributed by atoms with Gasteiger partial charge in [0.1, 0.15) is 0 Å². The molecule has 64 heavy (non-hydrogen) atoms. The minimum Gasteiger partial charge on any atom is -0.444 e. The van der Waals surface area contributed by atoms with E-state index in [2.05, 4.69) is 24.8 Å². The average Bonchev–Trinajstić information content (AvgIpc) is 3.09. The molecule has 0 aliphatic rings. The standard InChI is InChI=1S/C7H17FN4O.C6H18N4.2C2H2F4O.2C2H2F4.C2H3FO2.2CH2F2.4CH4/c8-7(13)11-3-6-12(4-1-9)5-2-10;7-1-4-10(5-2-8)6-3-9;2*3-2(4,5)1-7-6;2*3-1-2(4,5)6;1-5-2(3)4;2*2-1-3;;;;/h1-6,9-10H2,(H,11,13);1-9H2;2*1H2;2*1H2;1H3;2*1H2;4*1H4. The van der Waals surface area contributed by atoms with Crippen molar-refractivity contribution in [2.75, 3.05) is 126 Å². The van der Waals surface area contributed by atoms with Gasteiger partial charge in [-0.3, -0.25) is 9.80 Å². The minimum atomic E-state index is -4.62. The first-order valence-electron chi connectivity index (χ1n) is 15.1. The van der Waals surface area contributed by atoms with Crippen molar-refractivity contribution in [3.05, 3.63) is 0 Å². The molecule has 0 spiro atoms. The minimum absolute atomic E-state index is 0. The third-order valence-electron chi connectivity index (χ3n) is 3.82. The van der Waals surface area contributed by atoms with Crippen molar-refractivity contribution in [1.29, 1.82) is 0 Å². The summed E-state index contributed by atoms with van der Waals surface area (Å²) in [5, 5.41) is 2.06. The van der Waals surface area contributed by atoms with Gasteiger partial charge in [0, 0.05) is 78.5 Å². The molecule has 0 saturated carbocycles. The number of methoxy groups -OCH3 is 1. The largest absolute Gasteiger partial charge is 0.495 e. The van der Waals surface area contributed by atoms with Crippen molar-refractivity contribution >= 4 is 12.4 Å². The van der Waals surface area contributed by atoms with E-state index in [4.69, 9.17) is 33.5 Å². The zero-order valence-corrected chi connectivity index (χ0v) is 31.4. The smallest absolute Gasteiger partial charge is 0.444 e. The van der Waals surface area contributed by atoms with E-state index in [1.807, 2.05) is 4.90 Å². The Morgan fingerprint density at radius 2 is 0.672 bits per heavy atom. The van der Waals surface area contributed by atoms with Crippen LogP contribution in [-0.2, 0) is 14.6 Å². The maximum absolute atomic E-state index is 11.7. The second kappa shape index (κ2) is 69.1. The van der Waals surface area contributed by atoms with E-state index >= 15 is 0 Å². The van der Waals surface area contributed by atoms with E-state index in [9.17, 15) is 102 Å². The van der Waals surface area contributed by atoms with Crippen LogP contribution in [0.25, 0.3) is 0 Å². The van der Waals surface area contributed by atoms with Crippen molar-refractivity contribution in [3.8, 4) is 0 Å². The number of halogens is 22. The van der Waals surface area contributed by atoms with Crippen LogP contribution in [0.2, 0.25) is 0 Å². The number of alkyl halides is 18. The van der Waals surface area contributed by atoms with Gasteiger partial charge < -0.3 is 38.7 Å². The lowest BCUT2D eigenvalue weighted by Gasteiger charge is -2.19. The monoisotopic (exact) mass is 1020 g/mol. The number of ether oxygens (including phenoxy) is 1. The Hall–Kier alpha value is -2.96. The van der Waals surface area contributed by atoms with Gasteiger partial charge in [-0.25, -0.2) is 35.9 Å². The van der Waals surface area contributed by atoms with Crippen molar-refractivity contribution < 1.29 is 121 Å². The average molecular weight is 1020 g/mol. The number of carbonyl (C=O) groups is 2. The lowest BCUT2D eigenvalue weighted by atomic mass is 10.4. The molecular weight excluding hydrogens is 958 g/mol. The summed E-state index contributed by atoms with van der Waals surface area (Å²) in [4.78, 5) is 27.5. The van der Waals surface area contributed by atoms with Crippen LogP contribution in [0, 0.1) is 0 Å². The van der Waals surface area contributed by atoms with Gasteiger partial charge in [-0.1, -0.05) is 29.7 Å². The number of rotatable bonds is 15. The van der Waals surface area contributed by atoms with Crippen molar-refractivity contribution in [1.82, 2.24) is 15.1 Å². The first kappa shape index (κ1) is 95.3. The van der Waals surface area contributed by atoms with Crippen LogP contribution in [-0.4, -0.2) is 173 Å². The summed E-state index contributed by atoms with van der Waals surface area (Å²) in [5.41, 5.74) is 26.8. The molecule has 0 bridgehead atoms. The molecule has 0 atom stereocenters. The van der Waals surface area contributed by atoms with Crippen LogP contribution in [0.3, 0.4) is 0 Å². The highest BCUT2D eigenvalue weighted by Gasteiger charge is 2.29. The molecule has 0 aliphatic heterocycles. The summed E-state index contributed by atoms with van der Waals surface area (Å²) in [6, 6.07) is 0. The number of amides is 1. The molecule has 0 saturated heterocycles. The summed E-state index contributed by atoms with van der Waals surface area (Å²) in [6.45, 7) is -3.54. The van der Waals surface area contributed by atoms with E-state index in [1.54, 1.807) is 0 Å². The molecule has 0 aliphatic carbocycles. The Morgan fingerprint density at radius 3 is 0.766 bits per heavy atom. The fourth-order valence-electron chi connectivity index (χ4n) is 2.02. The fourth-order valence-corrected chi connectivity index (χ4v) is 2.02. The van der Waals surface area contributed by atoms with E-state index < -0.39 is 77.5 Å². The third kappa shape index (κ3) is 172. The summed E-state index contributed by atoms with van der Waals surface area (Å²) in [5.74, 6) is 0. The highest BCUT2D eigenvalue weighted by atomic mass is 19.4. The molecule has 0 aromatic heterocycles. The van der Waals surface area contributed by atoms with Gasteiger partial charge in [0.05, 0.1) is 7.11 Å². The Morgan fingerprint density at radius 1 is 0.484 bits per heavy atom. The molecule has 0 radical (unpaired) electrons. The quantitative estimate of drug-likeness (QED) is 0.0524. The first-order chi connectivity index (χ1) is 27.4. The molecule has 1 amide bonds. The Bertz CT molecular complexity index is 779. The lowest BCUT2D eigenvalue weighted by Crippen LogP contribution is -2.39. The molecule has 0 aromatic rings. The van der Waals surface area contributed by atoms with Crippen molar-refractivity contribution in [2.45, 2.75) is 54.4 Å². The van der Waals surface area contributed by atoms with Gasteiger partial charge in [0.25, 0.3) is 0 Å². The zero-order chi connectivity index (χ0) is 49.9. The SMILES string of the molecule is C.C.C.C.COC(=O)F.FCC(F)(F)F.FCC(F)(F)F.FCF.FCF.FOCC(F)(F)F.FOCC(F)(F)F.NCCN(CCN)CCN.NCCN(CCN)CCNC(=O)F. The highest BCUT2D eigenvalue weighted by molar-refractivity contribution is 5.65. The molecule has 0 unspecified atom stereocenters. The number of carbonyl (C=O) groups excluding carboxylic acids is 2. The van der Waals surface area contributed by atoms with Crippen LogP contribution >= 0.6 is 0 Å². The Labute approximate surface area is 358 Å². The number of nitrogens with zero attached hydrogens (tertiary/aromatic N) is 2. The molecule has 0 fully saturated rings. The number of nitrogens with one attached hydrogen (secondary N) is 1. The summed E-state index contributed by atoms with van der Waals surface area (Å²) < 4.78 is 232. The lowest BCUT2D eigenvalue weighted by molar-refractivity contribution is -0.245. The first-order valence-corrected chi connectivity index (χ1v) is 15.1. The summed E-state index contributed by atoms with van der Waals surface area (Å²) in [6.07, 6.45) is -21.6. The van der Waals surface area contributed by atoms with Gasteiger partial charge >= 0.3 is 37.1 Å². The Kier molecular flexibility index (Phi) is 103. The predicted molar refractivity (Wildman–Crippen MR) is 198 cm³/mol. The second-order valence-corrected chi connectivity index (χ2v) is 8.71. The van der Waals surface area contributed by atoms with Crippen LogP contribution in [0.15, 0.2) is 0 Å². The van der Waals surface area contributed by atoms with E-state index in [0.29, 0.717) is 52.4 Å². The van der Waals surface area contributed by atoms with Crippen LogP contribution < -0.4 is 34.0 Å². The van der Waals surface area contributed by atoms with Gasteiger partial charge in [-0.2, -0.15) is 62.6 Å². The van der Waals surface area contributed by atoms with Gasteiger partial charge in [0.15, 0.2) is 26.6 Å². The highest BCUT2D eigenvalue weighted by Crippen LogP contribution is 2.15. The molecule has 35 heteroatoms. The molecule has 406 valence electrons. The van der Waals surface area contributed by atoms with E-state index in [-0.39, 0.29) is 36.3 Å². The van der Waals surface area contributed by atoms with E-state index in [0.717, 1.165) is 26.7 Å². The number of hydrogen-bond acceptors (Lipinski definition) is 12. The summed E-state index contributed by atoms with van der Waals surface area (Å²) in [7, 11) is 0.975. The number of nitrogens with two attached hydrogens (primary N) is 5. The Balaban J connectivity index is -0.0000000426. The van der Waals surface area contributed by atoms with Gasteiger partial charge in [-0.15, -0.1) is 8.78 Å². The second-order valence-electron chi connectivity index (χ2n) is 8.71. The van der Waals surface area contributed by atoms with E-state index in [1.165, 1.54) is 0 Å². The maximum Gasteiger partial charge on any atom is 0.495 e. The summed E-state index contributed by atoms with van der Waals surface area (Å²) >= 11 is 0. The third-order valence-corrected chi connectivity index (χ3v) is 3.82. The van der Waals surface area contributed by atoms with Crippen LogP contribution in [0.1, 0.15) is 29.7 Å². The van der Waals surface area contributed by atoms with Crippen molar-refractivity contribution in [3.63, 3.8) is 0 Å². The normalized spacial score (nSPS) is 9.78. The fraction of sp³-hybridized carbons (Fsp3) is 0.931. The molecule has 11 N–H and O–H groups in total. The molecule has 0 aromatic carbocycles. The predicted octanol–water partition coefficient (Wildman–Crippen LogP) is 8.02. The molecule has 0 rings (SSSR count). The zero-order valence-electron chi connectivity index (χ0n) is 31.4. The number of hydrogen-bond donors (Lipinski definition) is 6. The van der Waals surface area contributed by atoms with Crippen molar-refractivity contribution in [2.24, 2.45) is 28.7 Å². The molecular formula is C29H66F22N8O5. The molecule has 13 nitrogen and oxygen atoms in total. The molecule has 0 heterocycles. The van der Waals surface area contributed by atoms with Gasteiger partial charge in [0.2, 0.25) is 13.9 Å². The maximum atomic E-state index is 11.7. The van der Waals surface area contributed by atoms with Crippen LogP contribution in [0.4, 0.5) is 106 Å². The van der Waals surface area contributed by atoms with Crippen LogP contribution in [0.5, 0.6) is 0 Å². The van der Waals surface area contributed by atoms with Gasteiger partial charge in [-0.05, 0) is 9.05 Å².